The van der Waals surface area contributed by atoms with Gasteiger partial charge in [-0.2, -0.15) is 0 Å². The molecule has 0 aliphatic heterocycles. The van der Waals surface area contributed by atoms with Crippen LogP contribution in [0.15, 0.2) is 0 Å². The van der Waals surface area contributed by atoms with Crippen LogP contribution in [0.5, 0.6) is 0 Å². The van der Waals surface area contributed by atoms with Gasteiger partial charge in [0.05, 0.1) is 34.7 Å². The Kier molecular flexibility index (Phi) is 7.52. The molecule has 0 aromatic heterocycles. The Morgan fingerprint density at radius 2 is 1.82 bits per heavy atom. The van der Waals surface area contributed by atoms with Crippen molar-refractivity contribution in [1.82, 2.24) is 10.2 Å². The highest BCUT2D eigenvalue weighted by Crippen LogP contribution is 1.75. The molecule has 0 spiro atoms. The second kappa shape index (κ2) is 6.28. The smallest absolute Gasteiger partial charge is 0.347 e. The number of nitrogens with one attached hydrogen (secondary N) is 1. The van der Waals surface area contributed by atoms with Gasteiger partial charge in [-0.15, -0.1) is 0 Å². The molecule has 0 saturated heterocycles. The fourth-order valence-corrected chi connectivity index (χ4v) is 0.874. The second-order valence-corrected chi connectivity index (χ2v) is 2.64. The molecule has 11 heavy (non-hydrogen) atoms. The minimum absolute atomic E-state index is 0. The number of rotatable bonds is 1. The molecular formula is C7H18ClN3. The zero-order chi connectivity index (χ0) is 8.15. The topological polar surface area (TPSA) is 18.3 Å². The molecule has 0 aromatic rings. The summed E-state index contributed by atoms with van der Waals surface area (Å²) in [6.07, 6.45) is 0. The van der Waals surface area contributed by atoms with E-state index in [1.54, 1.807) is 0 Å². The van der Waals surface area contributed by atoms with Crippen LogP contribution in [0.3, 0.4) is 0 Å². The van der Waals surface area contributed by atoms with E-state index in [2.05, 4.69) is 21.7 Å². The number of halogens is 1. The molecule has 0 aromatic carbocycles. The van der Waals surface area contributed by atoms with Gasteiger partial charge in [-0.25, -0.2) is 0 Å². The predicted molar refractivity (Wildman–Crippen MR) is 44.5 cm³/mol. The van der Waals surface area contributed by atoms with Crippen molar-refractivity contribution in [2.45, 2.75) is 6.92 Å². The zero-order valence-electron chi connectivity index (χ0n) is 7.98. The zero-order valence-corrected chi connectivity index (χ0v) is 8.74. The Hall–Kier alpha value is -0.440. The molecule has 0 amide bonds. The molecule has 0 aliphatic carbocycles. The van der Waals surface area contributed by atoms with Gasteiger partial charge >= 0.3 is 5.96 Å². The van der Waals surface area contributed by atoms with Gasteiger partial charge in [-0.1, -0.05) is 0 Å². The minimum Gasteiger partial charge on any atom is -1.00 e. The van der Waals surface area contributed by atoms with Crippen LogP contribution >= 0.6 is 0 Å². The fraction of sp³-hybridized carbons (Fsp3) is 0.857. The van der Waals surface area contributed by atoms with Gasteiger partial charge in [0.15, 0.2) is 0 Å². The highest BCUT2D eigenvalue weighted by Gasteiger charge is 2.07. The molecule has 0 saturated carbocycles. The second-order valence-electron chi connectivity index (χ2n) is 2.64. The summed E-state index contributed by atoms with van der Waals surface area (Å²) < 4.78 is 2.06. The van der Waals surface area contributed by atoms with Crippen molar-refractivity contribution >= 4 is 5.96 Å². The van der Waals surface area contributed by atoms with Crippen molar-refractivity contribution in [3.8, 4) is 0 Å². The Bertz CT molecular complexity index is 128. The monoisotopic (exact) mass is 179 g/mol. The van der Waals surface area contributed by atoms with Gasteiger partial charge in [-0.3, -0.25) is 14.8 Å². The summed E-state index contributed by atoms with van der Waals surface area (Å²) in [4.78, 5) is 2.06. The van der Waals surface area contributed by atoms with E-state index in [4.69, 9.17) is 0 Å². The van der Waals surface area contributed by atoms with Crippen LogP contribution in [0.25, 0.3) is 0 Å². The summed E-state index contributed by atoms with van der Waals surface area (Å²) in [5.74, 6) is 1.14. The minimum atomic E-state index is 0. The van der Waals surface area contributed by atoms with Crippen molar-refractivity contribution < 1.29 is 17.0 Å². The summed E-state index contributed by atoms with van der Waals surface area (Å²) in [7, 11) is 8.10. The van der Waals surface area contributed by atoms with Crippen LogP contribution in [0, 0.1) is 0 Å². The molecule has 1 N–H and O–H groups in total. The molecular weight excluding hydrogens is 162 g/mol. The van der Waals surface area contributed by atoms with Crippen molar-refractivity contribution in [3.05, 3.63) is 0 Å². The van der Waals surface area contributed by atoms with Crippen LogP contribution in [0.4, 0.5) is 0 Å². The quantitative estimate of drug-likeness (QED) is 0.260. The number of hydrogen-bond acceptors (Lipinski definition) is 0. The molecule has 0 rings (SSSR count). The average molecular weight is 180 g/mol. The van der Waals surface area contributed by atoms with E-state index in [1.165, 1.54) is 0 Å². The first-order valence-electron chi connectivity index (χ1n) is 3.55. The lowest BCUT2D eigenvalue weighted by Gasteiger charge is -2.11. The molecule has 0 radical (unpaired) electrons. The van der Waals surface area contributed by atoms with Gasteiger partial charge in [0.2, 0.25) is 0 Å². The summed E-state index contributed by atoms with van der Waals surface area (Å²) >= 11 is 0. The Labute approximate surface area is 75.5 Å². The molecule has 0 bridgehead atoms. The van der Waals surface area contributed by atoms with Gasteiger partial charge in [-0.05, 0) is 6.92 Å². The van der Waals surface area contributed by atoms with Gasteiger partial charge < -0.3 is 12.4 Å². The summed E-state index contributed by atoms with van der Waals surface area (Å²) in [5.41, 5.74) is 0. The van der Waals surface area contributed by atoms with Crippen LogP contribution < -0.4 is 17.7 Å². The molecule has 0 heterocycles. The van der Waals surface area contributed by atoms with E-state index in [9.17, 15) is 0 Å². The lowest BCUT2D eigenvalue weighted by Crippen LogP contribution is -3.00. The number of nitrogens with zero attached hydrogens (tertiary/aromatic N) is 2. The van der Waals surface area contributed by atoms with Gasteiger partial charge in [0, 0.05) is 0 Å². The first-order valence-corrected chi connectivity index (χ1v) is 3.55. The molecule has 0 aliphatic rings. The third kappa shape index (κ3) is 4.90. The molecule has 0 atom stereocenters. The highest BCUT2D eigenvalue weighted by molar-refractivity contribution is 5.74. The Balaban J connectivity index is 0. The van der Waals surface area contributed by atoms with Crippen molar-refractivity contribution in [2.24, 2.45) is 0 Å². The van der Waals surface area contributed by atoms with E-state index >= 15 is 0 Å². The Morgan fingerprint density at radius 1 is 1.36 bits per heavy atom. The molecule has 0 fully saturated rings. The van der Waals surface area contributed by atoms with Crippen LogP contribution in [0.2, 0.25) is 0 Å². The Morgan fingerprint density at radius 3 is 1.91 bits per heavy atom. The highest BCUT2D eigenvalue weighted by atomic mass is 35.5. The maximum Gasteiger partial charge on any atom is 0.347 e. The molecule has 4 heteroatoms. The molecule has 0 unspecified atom stereocenters. The number of hydrogen-bond donors (Lipinski definition) is 1. The van der Waals surface area contributed by atoms with E-state index in [1.807, 2.05) is 28.2 Å². The SMILES string of the molecule is CCNC(N(C)C)=[N+](C)C.[Cl-]. The van der Waals surface area contributed by atoms with E-state index in [0.717, 1.165) is 12.5 Å². The van der Waals surface area contributed by atoms with E-state index in [-0.39, 0.29) is 12.4 Å². The first kappa shape index (κ1) is 13.2. The third-order valence-electron chi connectivity index (χ3n) is 1.18. The molecule has 3 nitrogen and oxygen atoms in total. The maximum absolute atomic E-state index is 3.25. The summed E-state index contributed by atoms with van der Waals surface area (Å²) in [5, 5.41) is 3.25. The maximum atomic E-state index is 3.25. The first-order chi connectivity index (χ1) is 4.59. The fourth-order valence-electron chi connectivity index (χ4n) is 0.874. The van der Waals surface area contributed by atoms with Crippen LogP contribution in [0.1, 0.15) is 6.92 Å². The molecule has 68 valence electrons. The standard InChI is InChI=1S/C7H17N3.ClH/c1-6-8-7(9(2)3)10(4)5;/h6H2,1-5H3;1H. The predicted octanol–water partition coefficient (Wildman–Crippen LogP) is -3.21. The van der Waals surface area contributed by atoms with Crippen LogP contribution in [-0.2, 0) is 0 Å². The van der Waals surface area contributed by atoms with Crippen LogP contribution in [-0.4, -0.2) is 50.2 Å². The third-order valence-corrected chi connectivity index (χ3v) is 1.18. The average Bonchev–Trinajstić information content (AvgIpc) is 1.81. The normalized spacial score (nSPS) is 8.09. The summed E-state index contributed by atoms with van der Waals surface area (Å²) in [6, 6.07) is 0. The van der Waals surface area contributed by atoms with Gasteiger partial charge in [0.1, 0.15) is 0 Å². The van der Waals surface area contributed by atoms with Gasteiger partial charge in [0.25, 0.3) is 0 Å². The van der Waals surface area contributed by atoms with Crippen molar-refractivity contribution in [1.29, 1.82) is 0 Å². The lowest BCUT2D eigenvalue weighted by molar-refractivity contribution is -0.472. The van der Waals surface area contributed by atoms with Crippen molar-refractivity contribution in [2.75, 3.05) is 34.7 Å². The van der Waals surface area contributed by atoms with Crippen molar-refractivity contribution in [3.63, 3.8) is 0 Å². The summed E-state index contributed by atoms with van der Waals surface area (Å²) in [6.45, 7) is 3.05. The largest absolute Gasteiger partial charge is 1.00 e. The lowest BCUT2D eigenvalue weighted by atomic mass is 10.7. The van der Waals surface area contributed by atoms with E-state index in [0.29, 0.717) is 0 Å². The number of guanidine groups is 1. The van der Waals surface area contributed by atoms with E-state index < -0.39 is 0 Å².